The van der Waals surface area contributed by atoms with Gasteiger partial charge < -0.3 is 4.74 Å². The van der Waals surface area contributed by atoms with E-state index in [1.54, 1.807) is 6.07 Å². The van der Waals surface area contributed by atoms with Crippen molar-refractivity contribution in [1.29, 1.82) is 0 Å². The molecule has 0 aliphatic carbocycles. The second-order valence-electron chi connectivity index (χ2n) is 4.49. The van der Waals surface area contributed by atoms with Crippen LogP contribution in [0, 0.1) is 11.6 Å². The highest BCUT2D eigenvalue weighted by Gasteiger charge is 2.14. The van der Waals surface area contributed by atoms with Crippen LogP contribution in [0.1, 0.15) is 5.56 Å². The third kappa shape index (κ3) is 2.88. The summed E-state index contributed by atoms with van der Waals surface area (Å²) in [7, 11) is 0. The highest BCUT2D eigenvalue weighted by molar-refractivity contribution is 9.08. The van der Waals surface area contributed by atoms with Crippen LogP contribution in [0.3, 0.4) is 0 Å². The van der Waals surface area contributed by atoms with Crippen molar-refractivity contribution < 1.29 is 13.5 Å². The lowest BCUT2D eigenvalue weighted by molar-refractivity contribution is 0.406. The Morgan fingerprint density at radius 2 is 1.76 bits per heavy atom. The SMILES string of the molecule is Fc1cc(CBr)cc(F)c1Oc1cnc2ccccc2c1. The number of para-hydroxylation sites is 1. The number of hydrogen-bond donors (Lipinski definition) is 0. The Balaban J connectivity index is 1.98. The lowest BCUT2D eigenvalue weighted by Gasteiger charge is -2.09. The molecule has 5 heteroatoms. The summed E-state index contributed by atoms with van der Waals surface area (Å²) in [6.45, 7) is 0. The number of aromatic nitrogens is 1. The molecule has 3 rings (SSSR count). The van der Waals surface area contributed by atoms with Crippen LogP contribution in [0.5, 0.6) is 11.5 Å². The van der Waals surface area contributed by atoms with Gasteiger partial charge in [0.25, 0.3) is 0 Å². The monoisotopic (exact) mass is 349 g/mol. The minimum atomic E-state index is -0.738. The maximum absolute atomic E-state index is 13.9. The maximum Gasteiger partial charge on any atom is 0.198 e. The summed E-state index contributed by atoms with van der Waals surface area (Å²) in [5.74, 6) is -1.61. The van der Waals surface area contributed by atoms with Gasteiger partial charge in [-0.25, -0.2) is 8.78 Å². The number of halogens is 3. The van der Waals surface area contributed by atoms with Gasteiger partial charge in [0.1, 0.15) is 5.75 Å². The zero-order chi connectivity index (χ0) is 14.8. The highest BCUT2D eigenvalue weighted by atomic mass is 79.9. The molecule has 0 amide bonds. The molecule has 1 heterocycles. The van der Waals surface area contributed by atoms with E-state index in [0.717, 1.165) is 10.9 Å². The van der Waals surface area contributed by atoms with Gasteiger partial charge >= 0.3 is 0 Å². The Morgan fingerprint density at radius 1 is 1.05 bits per heavy atom. The van der Waals surface area contributed by atoms with Crippen LogP contribution in [0.25, 0.3) is 10.9 Å². The topological polar surface area (TPSA) is 22.1 Å². The van der Waals surface area contributed by atoms with Crippen molar-refractivity contribution in [1.82, 2.24) is 4.98 Å². The van der Waals surface area contributed by atoms with Gasteiger partial charge in [-0.3, -0.25) is 4.98 Å². The molecule has 0 radical (unpaired) electrons. The van der Waals surface area contributed by atoms with Crippen molar-refractivity contribution in [2.45, 2.75) is 5.33 Å². The summed E-state index contributed by atoms with van der Waals surface area (Å²) in [4.78, 5) is 4.19. The molecule has 0 N–H and O–H groups in total. The Hall–Kier alpha value is -2.01. The molecule has 0 saturated carbocycles. The van der Waals surface area contributed by atoms with Crippen LogP contribution in [0.15, 0.2) is 48.7 Å². The molecule has 0 spiro atoms. The van der Waals surface area contributed by atoms with Crippen LogP contribution >= 0.6 is 15.9 Å². The van der Waals surface area contributed by atoms with Gasteiger partial charge in [0.2, 0.25) is 0 Å². The van der Waals surface area contributed by atoms with Gasteiger partial charge in [-0.05, 0) is 29.8 Å². The number of alkyl halides is 1. The van der Waals surface area contributed by atoms with Crippen LogP contribution < -0.4 is 4.74 Å². The van der Waals surface area contributed by atoms with Gasteiger partial charge in [0.05, 0.1) is 11.7 Å². The summed E-state index contributed by atoms with van der Waals surface area (Å²) in [6, 6.07) is 11.6. The maximum atomic E-state index is 13.9. The summed E-state index contributed by atoms with van der Waals surface area (Å²) < 4.78 is 33.1. The zero-order valence-corrected chi connectivity index (χ0v) is 12.4. The largest absolute Gasteiger partial charge is 0.450 e. The predicted octanol–water partition coefficient (Wildman–Crippen LogP) is 5.20. The van der Waals surface area contributed by atoms with E-state index in [1.807, 2.05) is 24.3 Å². The molecule has 0 saturated heterocycles. The van der Waals surface area contributed by atoms with Crippen LogP contribution in [-0.4, -0.2) is 4.98 Å². The zero-order valence-electron chi connectivity index (χ0n) is 10.8. The lowest BCUT2D eigenvalue weighted by atomic mass is 10.2. The molecule has 0 unspecified atom stereocenters. The number of pyridine rings is 1. The molecule has 0 aliphatic rings. The number of rotatable bonds is 3. The number of fused-ring (bicyclic) bond motifs is 1. The van der Waals surface area contributed by atoms with E-state index in [1.165, 1.54) is 18.3 Å². The molecular weight excluding hydrogens is 340 g/mol. The summed E-state index contributed by atoms with van der Waals surface area (Å²) in [5, 5.41) is 1.21. The van der Waals surface area contributed by atoms with E-state index in [0.29, 0.717) is 10.9 Å². The molecule has 0 bridgehead atoms. The van der Waals surface area contributed by atoms with Crippen molar-refractivity contribution in [2.75, 3.05) is 0 Å². The molecular formula is C16H10BrF2NO. The van der Waals surface area contributed by atoms with E-state index >= 15 is 0 Å². The Kier molecular flexibility index (Phi) is 3.84. The molecule has 0 aliphatic heterocycles. The minimum Gasteiger partial charge on any atom is -0.450 e. The first-order chi connectivity index (χ1) is 10.2. The molecule has 2 aromatic carbocycles. The van der Waals surface area contributed by atoms with Crippen molar-refractivity contribution in [2.24, 2.45) is 0 Å². The molecule has 21 heavy (non-hydrogen) atoms. The van der Waals surface area contributed by atoms with Crippen LogP contribution in [0.4, 0.5) is 8.78 Å². The second kappa shape index (κ2) is 5.77. The first-order valence-corrected chi connectivity index (χ1v) is 7.36. The Morgan fingerprint density at radius 3 is 2.48 bits per heavy atom. The second-order valence-corrected chi connectivity index (χ2v) is 5.05. The van der Waals surface area contributed by atoms with E-state index < -0.39 is 17.4 Å². The number of ether oxygens (including phenoxy) is 1. The smallest absolute Gasteiger partial charge is 0.198 e. The van der Waals surface area contributed by atoms with Crippen LogP contribution in [-0.2, 0) is 5.33 Å². The van der Waals surface area contributed by atoms with E-state index in [-0.39, 0.29) is 5.75 Å². The average molecular weight is 350 g/mol. The fourth-order valence-corrected chi connectivity index (χ4v) is 2.34. The predicted molar refractivity (Wildman–Crippen MR) is 80.8 cm³/mol. The molecule has 3 aromatic rings. The van der Waals surface area contributed by atoms with Crippen molar-refractivity contribution in [3.8, 4) is 11.5 Å². The third-order valence-electron chi connectivity index (χ3n) is 3.00. The molecule has 0 atom stereocenters. The highest BCUT2D eigenvalue weighted by Crippen LogP contribution is 2.30. The summed E-state index contributed by atoms with van der Waals surface area (Å²) in [6.07, 6.45) is 1.44. The first-order valence-electron chi connectivity index (χ1n) is 6.24. The fourth-order valence-electron chi connectivity index (χ4n) is 2.01. The summed E-state index contributed by atoms with van der Waals surface area (Å²) in [5.41, 5.74) is 1.30. The van der Waals surface area contributed by atoms with Gasteiger partial charge in [-0.1, -0.05) is 34.1 Å². The number of nitrogens with zero attached hydrogens (tertiary/aromatic N) is 1. The normalized spacial score (nSPS) is 10.8. The van der Waals surface area contributed by atoms with Crippen molar-refractivity contribution in [3.63, 3.8) is 0 Å². The quantitative estimate of drug-likeness (QED) is 0.606. The molecule has 2 nitrogen and oxygen atoms in total. The number of benzene rings is 2. The van der Waals surface area contributed by atoms with Gasteiger partial charge in [0, 0.05) is 10.7 Å². The minimum absolute atomic E-state index is 0.290. The van der Waals surface area contributed by atoms with Crippen molar-refractivity contribution in [3.05, 3.63) is 65.9 Å². The van der Waals surface area contributed by atoms with E-state index in [9.17, 15) is 8.78 Å². The van der Waals surface area contributed by atoms with Gasteiger partial charge in [-0.2, -0.15) is 0 Å². The lowest BCUT2D eigenvalue weighted by Crippen LogP contribution is -1.95. The van der Waals surface area contributed by atoms with E-state index in [4.69, 9.17) is 4.74 Å². The third-order valence-corrected chi connectivity index (χ3v) is 3.65. The summed E-state index contributed by atoms with van der Waals surface area (Å²) >= 11 is 3.16. The fraction of sp³-hybridized carbons (Fsp3) is 0.0625. The van der Waals surface area contributed by atoms with Crippen molar-refractivity contribution >= 4 is 26.8 Å². The van der Waals surface area contributed by atoms with Crippen LogP contribution in [0.2, 0.25) is 0 Å². The average Bonchev–Trinajstić information content (AvgIpc) is 2.50. The molecule has 0 fully saturated rings. The Labute approximate surface area is 128 Å². The van der Waals surface area contributed by atoms with Gasteiger partial charge in [-0.15, -0.1) is 0 Å². The molecule has 1 aromatic heterocycles. The molecule has 106 valence electrons. The standard InChI is InChI=1S/C16H10BrF2NO/c17-8-10-5-13(18)16(14(19)6-10)21-12-7-11-3-1-2-4-15(11)20-9-12/h1-7,9H,8H2. The van der Waals surface area contributed by atoms with Gasteiger partial charge in [0.15, 0.2) is 17.4 Å². The Bertz CT molecular complexity index is 784. The first kappa shape index (κ1) is 13.9. The van der Waals surface area contributed by atoms with E-state index in [2.05, 4.69) is 20.9 Å². The number of hydrogen-bond acceptors (Lipinski definition) is 2.